The van der Waals surface area contributed by atoms with Crippen LogP contribution in [0.15, 0.2) is 46.3 Å². The van der Waals surface area contributed by atoms with Crippen molar-refractivity contribution in [2.45, 2.75) is 6.92 Å². The predicted octanol–water partition coefficient (Wildman–Crippen LogP) is 3.70. The fraction of sp³-hybridized carbons (Fsp3) is 0.0667. The molecule has 0 spiro atoms. The summed E-state index contributed by atoms with van der Waals surface area (Å²) in [6.45, 7) is 2.05. The molecule has 0 radical (unpaired) electrons. The molecule has 0 aliphatic carbocycles. The van der Waals surface area contributed by atoms with E-state index >= 15 is 0 Å². The molecule has 84 valence electrons. The van der Waals surface area contributed by atoms with Crippen molar-refractivity contribution in [1.82, 2.24) is 0 Å². The van der Waals surface area contributed by atoms with Crippen LogP contribution < -0.4 is 0 Å². The quantitative estimate of drug-likeness (QED) is 0.489. The van der Waals surface area contributed by atoms with Crippen molar-refractivity contribution in [3.63, 3.8) is 0 Å². The van der Waals surface area contributed by atoms with Gasteiger partial charge in [-0.2, -0.15) is 0 Å². The molecule has 0 saturated heterocycles. The second kappa shape index (κ2) is 4.84. The fourth-order valence-electron chi connectivity index (χ4n) is 2.00. The van der Waals surface area contributed by atoms with Gasteiger partial charge < -0.3 is 0 Å². The molecular weight excluding hydrogens is 338 g/mol. The summed E-state index contributed by atoms with van der Waals surface area (Å²) in [7, 11) is 0. The molecule has 17 heavy (non-hydrogen) atoms. The van der Waals surface area contributed by atoms with Gasteiger partial charge >= 0.3 is 113 Å². The van der Waals surface area contributed by atoms with Gasteiger partial charge in [-0.15, -0.1) is 0 Å². The number of allylic oxidation sites excluding steroid dienone is 3. The van der Waals surface area contributed by atoms with Crippen LogP contribution >= 0.6 is 0 Å². The van der Waals surface area contributed by atoms with Gasteiger partial charge in [-0.1, -0.05) is 0 Å². The van der Waals surface area contributed by atoms with Gasteiger partial charge in [-0.3, -0.25) is 0 Å². The Morgan fingerprint density at radius 1 is 1.06 bits per heavy atom. The van der Waals surface area contributed by atoms with Gasteiger partial charge in [0.25, 0.3) is 0 Å². The number of fused-ring (bicyclic) bond motifs is 2. The van der Waals surface area contributed by atoms with Gasteiger partial charge in [-0.25, -0.2) is 0 Å². The first kappa shape index (κ1) is 11.3. The summed E-state index contributed by atoms with van der Waals surface area (Å²) in [5.41, 5.74) is 1.45. The van der Waals surface area contributed by atoms with Crippen LogP contribution in [0.2, 0.25) is 0 Å². The van der Waals surface area contributed by atoms with E-state index in [1.807, 2.05) is 0 Å². The Bertz CT molecular complexity index is 662. The Kier molecular flexibility index (Phi) is 3.22. The number of hydrogen-bond donors (Lipinski definition) is 0. The fourth-order valence-corrected chi connectivity index (χ4v) is 5.71. The van der Waals surface area contributed by atoms with E-state index in [9.17, 15) is 0 Å². The molecular formula is C15H12Se2. The van der Waals surface area contributed by atoms with E-state index in [-0.39, 0.29) is 0 Å². The molecule has 0 aliphatic heterocycles. The normalized spacial score (nSPS) is 12.5. The van der Waals surface area contributed by atoms with Crippen molar-refractivity contribution in [3.8, 4) is 0 Å². The summed E-state index contributed by atoms with van der Waals surface area (Å²) in [5.74, 6) is 0. The standard InChI is InChI=1S/C15H12Se2/c1-2-3-4-5-13-12-7-9-16-14(12)10-11-6-8-17-15(11)13/h2-10H,1H3/b3-2+,5-4+. The zero-order chi connectivity index (χ0) is 11.7. The van der Waals surface area contributed by atoms with Crippen molar-refractivity contribution < 1.29 is 0 Å². The van der Waals surface area contributed by atoms with Gasteiger partial charge in [0.2, 0.25) is 0 Å². The molecule has 0 nitrogen and oxygen atoms in total. The molecule has 0 atom stereocenters. The molecule has 0 aliphatic rings. The molecule has 0 bridgehead atoms. The minimum absolute atomic E-state index is 0.517. The number of benzene rings is 1. The van der Waals surface area contributed by atoms with E-state index in [4.69, 9.17) is 0 Å². The Hall–Kier alpha value is -0.781. The first-order valence-corrected chi connectivity index (χ1v) is 9.26. The summed E-state index contributed by atoms with van der Waals surface area (Å²) in [4.78, 5) is 4.66. The summed E-state index contributed by atoms with van der Waals surface area (Å²) < 4.78 is 3.10. The molecule has 0 unspecified atom stereocenters. The van der Waals surface area contributed by atoms with Crippen LogP contribution in [-0.4, -0.2) is 29.0 Å². The van der Waals surface area contributed by atoms with Crippen molar-refractivity contribution in [2.24, 2.45) is 0 Å². The molecule has 1 aromatic carbocycles. The average molecular weight is 350 g/mol. The van der Waals surface area contributed by atoms with E-state index in [2.05, 4.69) is 59.3 Å². The molecule has 0 fully saturated rings. The van der Waals surface area contributed by atoms with E-state index < -0.39 is 0 Å². The van der Waals surface area contributed by atoms with Crippen LogP contribution in [0.25, 0.3) is 25.4 Å². The van der Waals surface area contributed by atoms with Crippen molar-refractivity contribution in [2.75, 3.05) is 0 Å². The Morgan fingerprint density at radius 2 is 1.94 bits per heavy atom. The number of hydrogen-bond acceptors (Lipinski definition) is 0. The van der Waals surface area contributed by atoms with Crippen LogP contribution in [0.5, 0.6) is 0 Å². The monoisotopic (exact) mass is 352 g/mol. The Balaban J connectivity index is 2.34. The minimum atomic E-state index is 0.517. The third kappa shape index (κ3) is 2.03. The third-order valence-corrected chi connectivity index (χ3v) is 6.61. The van der Waals surface area contributed by atoms with Gasteiger partial charge in [-0.05, 0) is 0 Å². The molecule has 3 rings (SSSR count). The molecule has 2 heterocycles. The molecule has 0 amide bonds. The molecule has 2 heteroatoms. The summed E-state index contributed by atoms with van der Waals surface area (Å²) in [6, 6.07) is 6.99. The maximum atomic E-state index is 2.39. The molecule has 3 aromatic rings. The van der Waals surface area contributed by atoms with Gasteiger partial charge in [0.15, 0.2) is 0 Å². The van der Waals surface area contributed by atoms with Crippen molar-refractivity contribution >= 4 is 54.4 Å². The Labute approximate surface area is 113 Å². The second-order valence-corrected chi connectivity index (χ2v) is 7.76. The zero-order valence-corrected chi connectivity index (χ0v) is 12.9. The van der Waals surface area contributed by atoms with E-state index in [0.29, 0.717) is 29.0 Å². The average Bonchev–Trinajstić information content (AvgIpc) is 2.95. The Morgan fingerprint density at radius 3 is 2.82 bits per heavy atom. The van der Waals surface area contributed by atoms with Crippen LogP contribution in [-0.2, 0) is 0 Å². The predicted molar refractivity (Wildman–Crippen MR) is 79.2 cm³/mol. The maximum absolute atomic E-state index is 2.39. The summed E-state index contributed by atoms with van der Waals surface area (Å²) >= 11 is 1.06. The van der Waals surface area contributed by atoms with E-state index in [1.165, 1.54) is 16.3 Å². The van der Waals surface area contributed by atoms with Crippen LogP contribution in [0, 0.1) is 0 Å². The summed E-state index contributed by atoms with van der Waals surface area (Å²) in [6.07, 6.45) is 8.61. The van der Waals surface area contributed by atoms with Crippen LogP contribution in [0.1, 0.15) is 12.5 Å². The van der Waals surface area contributed by atoms with E-state index in [1.54, 1.807) is 8.52 Å². The number of rotatable bonds is 2. The SMILES string of the molecule is C/C=C/C=C/c1c2cc[se]c2cc2cc[se]c12. The molecule has 2 aromatic heterocycles. The summed E-state index contributed by atoms with van der Waals surface area (Å²) in [5, 5.41) is 2.92. The third-order valence-electron chi connectivity index (χ3n) is 2.78. The van der Waals surface area contributed by atoms with Gasteiger partial charge in [0.05, 0.1) is 0 Å². The van der Waals surface area contributed by atoms with Crippen LogP contribution in [0.3, 0.4) is 0 Å². The van der Waals surface area contributed by atoms with E-state index in [0.717, 1.165) is 0 Å². The topological polar surface area (TPSA) is 0 Å². The van der Waals surface area contributed by atoms with Crippen molar-refractivity contribution in [3.05, 3.63) is 51.9 Å². The van der Waals surface area contributed by atoms with Crippen LogP contribution in [0.4, 0.5) is 0 Å². The zero-order valence-electron chi connectivity index (χ0n) is 9.51. The first-order chi connectivity index (χ1) is 8.40. The van der Waals surface area contributed by atoms with Gasteiger partial charge in [0, 0.05) is 0 Å². The second-order valence-electron chi connectivity index (χ2n) is 3.85. The molecule has 0 N–H and O–H groups in total. The van der Waals surface area contributed by atoms with Crippen molar-refractivity contribution in [1.29, 1.82) is 0 Å². The first-order valence-electron chi connectivity index (χ1n) is 5.57. The molecule has 0 saturated carbocycles. The van der Waals surface area contributed by atoms with Gasteiger partial charge in [0.1, 0.15) is 0 Å².